The van der Waals surface area contributed by atoms with Crippen LogP contribution in [-0.4, -0.2) is 35.3 Å². The van der Waals surface area contributed by atoms with Crippen molar-refractivity contribution in [2.75, 3.05) is 11.9 Å². The fourth-order valence-electron chi connectivity index (χ4n) is 3.47. The molecule has 2 amide bonds. The summed E-state index contributed by atoms with van der Waals surface area (Å²) in [5.74, 6) is -1.37. The van der Waals surface area contributed by atoms with Gasteiger partial charge in [-0.2, -0.15) is 0 Å². The topological polar surface area (TPSA) is 88.9 Å². The lowest BCUT2D eigenvalue weighted by atomic mass is 9.93. The Balaban J connectivity index is 1.47. The smallest absolute Gasteiger partial charge is 0.329 e. The fourth-order valence-corrected chi connectivity index (χ4v) is 3.85. The van der Waals surface area contributed by atoms with Gasteiger partial charge in [0.1, 0.15) is 6.04 Å². The van der Waals surface area contributed by atoms with Crippen LogP contribution in [0.3, 0.4) is 0 Å². The number of fused-ring (bicyclic) bond motifs is 1. The second-order valence-electron chi connectivity index (χ2n) is 7.03. The van der Waals surface area contributed by atoms with Crippen molar-refractivity contribution in [1.29, 1.82) is 0 Å². The van der Waals surface area contributed by atoms with Gasteiger partial charge in [0.15, 0.2) is 12.4 Å². The van der Waals surface area contributed by atoms with Gasteiger partial charge in [0.25, 0.3) is 11.8 Å². The zero-order chi connectivity index (χ0) is 21.8. The van der Waals surface area contributed by atoms with Gasteiger partial charge < -0.3 is 19.4 Å². The first-order valence-electron chi connectivity index (χ1n) is 9.65. The molecule has 0 saturated carbocycles. The van der Waals surface area contributed by atoms with E-state index < -0.39 is 30.4 Å². The maximum absolute atomic E-state index is 12.9. The van der Waals surface area contributed by atoms with E-state index in [1.807, 2.05) is 30.3 Å². The molecule has 1 aliphatic heterocycles. The lowest BCUT2D eigenvalue weighted by Gasteiger charge is -2.34. The third-order valence-corrected chi connectivity index (χ3v) is 5.70. The minimum Gasteiger partial charge on any atom is -0.459 e. The van der Waals surface area contributed by atoms with Crippen molar-refractivity contribution < 1.29 is 23.5 Å². The van der Waals surface area contributed by atoms with Crippen molar-refractivity contribution in [3.63, 3.8) is 0 Å². The number of nitrogens with zero attached hydrogens (tertiary/aromatic N) is 1. The van der Waals surface area contributed by atoms with Crippen LogP contribution >= 0.6 is 15.9 Å². The molecular weight excluding hydrogens is 464 g/mol. The molecule has 0 bridgehead atoms. The van der Waals surface area contributed by atoms with Crippen LogP contribution in [0.2, 0.25) is 0 Å². The minimum absolute atomic E-state index is 0.142. The molecule has 7 nitrogen and oxygen atoms in total. The summed E-state index contributed by atoms with van der Waals surface area (Å²) < 4.78 is 11.2. The van der Waals surface area contributed by atoms with Gasteiger partial charge in [-0.1, -0.05) is 36.4 Å². The molecule has 3 aromatic rings. The summed E-state index contributed by atoms with van der Waals surface area (Å²) in [4.78, 5) is 39.5. The van der Waals surface area contributed by atoms with Crippen molar-refractivity contribution in [3.8, 4) is 0 Å². The highest BCUT2D eigenvalue weighted by Crippen LogP contribution is 2.26. The number of carbonyl (C=O) groups is 3. The zero-order valence-corrected chi connectivity index (χ0v) is 18.0. The van der Waals surface area contributed by atoms with Crippen LogP contribution in [0, 0.1) is 0 Å². The molecule has 158 valence electrons. The minimum atomic E-state index is -0.858. The lowest BCUT2D eigenvalue weighted by Crippen LogP contribution is -2.49. The van der Waals surface area contributed by atoms with Crippen molar-refractivity contribution in [3.05, 3.63) is 88.3 Å². The number of amides is 2. The third kappa shape index (κ3) is 4.69. The number of furan rings is 1. The van der Waals surface area contributed by atoms with E-state index in [1.165, 1.54) is 11.2 Å². The van der Waals surface area contributed by atoms with Gasteiger partial charge in [-0.05, 0) is 51.3 Å². The van der Waals surface area contributed by atoms with E-state index in [0.29, 0.717) is 16.6 Å². The van der Waals surface area contributed by atoms with Crippen molar-refractivity contribution in [2.45, 2.75) is 19.0 Å². The molecule has 8 heteroatoms. The summed E-state index contributed by atoms with van der Waals surface area (Å²) in [6.07, 6.45) is 1.71. The number of nitrogens with one attached hydrogen (secondary N) is 1. The van der Waals surface area contributed by atoms with E-state index in [0.717, 1.165) is 11.1 Å². The van der Waals surface area contributed by atoms with E-state index in [9.17, 15) is 14.4 Å². The molecule has 0 aliphatic carbocycles. The Labute approximate surface area is 187 Å². The third-order valence-electron chi connectivity index (χ3n) is 5.01. The van der Waals surface area contributed by atoms with Crippen LogP contribution < -0.4 is 5.32 Å². The average Bonchev–Trinajstić information content (AvgIpc) is 3.32. The van der Waals surface area contributed by atoms with Crippen LogP contribution in [0.4, 0.5) is 5.69 Å². The molecule has 1 aliphatic rings. The number of esters is 1. The van der Waals surface area contributed by atoms with Crippen molar-refractivity contribution in [2.24, 2.45) is 0 Å². The molecule has 0 spiro atoms. The number of halogens is 1. The zero-order valence-electron chi connectivity index (χ0n) is 16.4. The highest BCUT2D eigenvalue weighted by molar-refractivity contribution is 9.10. The van der Waals surface area contributed by atoms with Gasteiger partial charge >= 0.3 is 5.97 Å². The van der Waals surface area contributed by atoms with Crippen LogP contribution in [0.25, 0.3) is 0 Å². The Morgan fingerprint density at radius 3 is 2.52 bits per heavy atom. The number of ether oxygens (including phenoxy) is 1. The monoisotopic (exact) mass is 482 g/mol. The highest BCUT2D eigenvalue weighted by atomic mass is 79.9. The molecule has 1 N–H and O–H groups in total. The first-order valence-corrected chi connectivity index (χ1v) is 10.4. The normalized spacial score (nSPS) is 15.1. The van der Waals surface area contributed by atoms with Crippen molar-refractivity contribution in [1.82, 2.24) is 4.90 Å². The van der Waals surface area contributed by atoms with E-state index in [2.05, 4.69) is 21.2 Å². The summed E-state index contributed by atoms with van der Waals surface area (Å²) >= 11 is 3.35. The fraction of sp³-hybridized carbons (Fsp3) is 0.174. The molecule has 1 atom stereocenters. The molecule has 0 fully saturated rings. The summed E-state index contributed by atoms with van der Waals surface area (Å²) in [6.45, 7) is -0.209. The number of para-hydroxylation sites is 1. The van der Waals surface area contributed by atoms with E-state index in [4.69, 9.17) is 9.15 Å². The SMILES string of the molecule is O=C(COC(=O)[C@@H]1Cc2ccccc2CN1C(=O)c1ccco1)Nc1ccccc1Br. The molecule has 2 heterocycles. The Hall–Kier alpha value is -3.39. The van der Waals surface area contributed by atoms with Crippen LogP contribution in [0.15, 0.2) is 75.8 Å². The summed E-state index contributed by atoms with van der Waals surface area (Å²) in [5.41, 5.74) is 2.49. The van der Waals surface area contributed by atoms with Crippen molar-refractivity contribution >= 4 is 39.4 Å². The predicted molar refractivity (Wildman–Crippen MR) is 116 cm³/mol. The maximum Gasteiger partial charge on any atom is 0.329 e. The van der Waals surface area contributed by atoms with Gasteiger partial charge in [-0.15, -0.1) is 0 Å². The molecule has 0 unspecified atom stereocenters. The summed E-state index contributed by atoms with van der Waals surface area (Å²) in [6, 6.07) is 17.1. The molecule has 1 aromatic heterocycles. The average molecular weight is 483 g/mol. The largest absolute Gasteiger partial charge is 0.459 e. The molecule has 0 saturated heterocycles. The Bertz CT molecular complexity index is 1110. The van der Waals surface area contributed by atoms with Gasteiger partial charge in [0, 0.05) is 17.4 Å². The predicted octanol–water partition coefficient (Wildman–Crippen LogP) is 3.79. The lowest BCUT2D eigenvalue weighted by molar-refractivity contribution is -0.152. The number of hydrogen-bond acceptors (Lipinski definition) is 5. The second kappa shape index (κ2) is 9.18. The first kappa shape index (κ1) is 20.9. The number of anilines is 1. The quantitative estimate of drug-likeness (QED) is 0.558. The Morgan fingerprint density at radius 2 is 1.77 bits per heavy atom. The van der Waals surface area contributed by atoms with Gasteiger partial charge in [0.05, 0.1) is 12.0 Å². The van der Waals surface area contributed by atoms with Crippen LogP contribution in [0.1, 0.15) is 21.7 Å². The second-order valence-corrected chi connectivity index (χ2v) is 7.89. The first-order chi connectivity index (χ1) is 15.0. The van der Waals surface area contributed by atoms with Gasteiger partial charge in [0.2, 0.25) is 0 Å². The Morgan fingerprint density at radius 1 is 1.03 bits per heavy atom. The number of hydrogen-bond donors (Lipinski definition) is 1. The number of benzene rings is 2. The standard InChI is InChI=1S/C23H19BrN2O5/c24-17-8-3-4-9-18(17)25-21(27)14-31-23(29)19-12-15-6-1-2-7-16(15)13-26(19)22(28)20-10-5-11-30-20/h1-11,19H,12-14H2,(H,25,27)/t19-/m0/s1. The maximum atomic E-state index is 12.9. The van der Waals surface area contributed by atoms with Crippen LogP contribution in [-0.2, 0) is 27.3 Å². The molecular formula is C23H19BrN2O5. The molecule has 0 radical (unpaired) electrons. The van der Waals surface area contributed by atoms with Gasteiger partial charge in [-0.25, -0.2) is 4.79 Å². The summed E-state index contributed by atoms with van der Waals surface area (Å²) in [5, 5.41) is 2.68. The van der Waals surface area contributed by atoms with E-state index in [1.54, 1.807) is 30.3 Å². The van der Waals surface area contributed by atoms with Crippen LogP contribution in [0.5, 0.6) is 0 Å². The molecule has 4 rings (SSSR count). The number of carbonyl (C=O) groups excluding carboxylic acids is 3. The Kier molecular flexibility index (Phi) is 6.18. The molecule has 31 heavy (non-hydrogen) atoms. The molecule has 2 aromatic carbocycles. The van der Waals surface area contributed by atoms with E-state index in [-0.39, 0.29) is 12.3 Å². The summed E-state index contributed by atoms with van der Waals surface area (Å²) in [7, 11) is 0. The van der Waals surface area contributed by atoms with E-state index >= 15 is 0 Å². The highest BCUT2D eigenvalue weighted by Gasteiger charge is 2.37. The number of rotatable bonds is 5. The van der Waals surface area contributed by atoms with Gasteiger partial charge in [-0.3, -0.25) is 9.59 Å².